The molecule has 0 aromatic carbocycles. The number of nitrogens with one attached hydrogen (secondary N) is 2. The quantitative estimate of drug-likeness (QED) is 0.534. The van der Waals surface area contributed by atoms with E-state index in [2.05, 4.69) is 51.7 Å². The van der Waals surface area contributed by atoms with Gasteiger partial charge in [0.2, 0.25) is 11.9 Å². The van der Waals surface area contributed by atoms with E-state index in [0.29, 0.717) is 12.6 Å². The molecule has 1 unspecified atom stereocenters. The lowest BCUT2D eigenvalue weighted by atomic mass is 10.3. The normalized spacial score (nSPS) is 12.0. The number of anilines is 2. The Morgan fingerprint density at radius 2 is 2.05 bits per heavy atom. The van der Waals surface area contributed by atoms with Crippen molar-refractivity contribution in [1.29, 1.82) is 0 Å². The van der Waals surface area contributed by atoms with Crippen LogP contribution in [0.1, 0.15) is 36.1 Å². The molecule has 0 aliphatic carbocycles. The van der Waals surface area contributed by atoms with Crippen molar-refractivity contribution in [2.24, 2.45) is 5.84 Å². The topological polar surface area (TPSA) is 98.0 Å². The number of thiophene rings is 1. The van der Waals surface area contributed by atoms with Crippen molar-refractivity contribution in [2.45, 2.75) is 33.2 Å². The summed E-state index contributed by atoms with van der Waals surface area (Å²) in [6, 6.07) is 4.54. The molecule has 2 heterocycles. The predicted octanol–water partition coefficient (Wildman–Crippen LogP) is 2.49. The lowest BCUT2D eigenvalue weighted by Crippen LogP contribution is -2.15. The smallest absolute Gasteiger partial charge is 0.323 e. The number of aryl methyl sites for hydroxylation is 1. The van der Waals surface area contributed by atoms with Crippen molar-refractivity contribution in [3.63, 3.8) is 0 Å². The fourth-order valence-electron chi connectivity index (χ4n) is 1.69. The lowest BCUT2D eigenvalue weighted by Gasteiger charge is -2.13. The van der Waals surface area contributed by atoms with Crippen LogP contribution in [-0.4, -0.2) is 21.6 Å². The number of nitrogens with zero attached hydrogens (tertiary/aromatic N) is 3. The van der Waals surface area contributed by atoms with Crippen LogP contribution in [0.2, 0.25) is 0 Å². The van der Waals surface area contributed by atoms with Crippen molar-refractivity contribution in [2.75, 3.05) is 17.3 Å². The first kappa shape index (κ1) is 15.5. The second-order valence-electron chi connectivity index (χ2n) is 4.57. The first-order chi connectivity index (χ1) is 10.1. The van der Waals surface area contributed by atoms with Crippen LogP contribution in [0.4, 0.5) is 11.9 Å². The molecule has 2 aromatic rings. The predicted molar refractivity (Wildman–Crippen MR) is 84.5 cm³/mol. The number of rotatable bonds is 7. The number of nitrogen functional groups attached to an aromatic ring is 1. The van der Waals surface area contributed by atoms with Gasteiger partial charge in [0.05, 0.1) is 12.6 Å². The summed E-state index contributed by atoms with van der Waals surface area (Å²) in [5, 5.41) is 3.24. The Kier molecular flexibility index (Phi) is 5.29. The SMILES string of the molecule is CCCOc1nc(NN)nc(NC(C)c2ccc(C)s2)n1. The largest absolute Gasteiger partial charge is 0.463 e. The molecule has 0 spiro atoms. The number of hydrazine groups is 1. The van der Waals surface area contributed by atoms with Gasteiger partial charge in [0.25, 0.3) is 0 Å². The highest BCUT2D eigenvalue weighted by molar-refractivity contribution is 7.12. The van der Waals surface area contributed by atoms with Gasteiger partial charge < -0.3 is 10.1 Å². The Bertz CT molecular complexity index is 588. The fourth-order valence-corrected chi connectivity index (χ4v) is 2.57. The average Bonchev–Trinajstić information content (AvgIpc) is 2.91. The van der Waals surface area contributed by atoms with Gasteiger partial charge in [0.15, 0.2) is 0 Å². The summed E-state index contributed by atoms with van der Waals surface area (Å²) in [4.78, 5) is 15.0. The molecular formula is C13H20N6OS. The molecule has 0 saturated heterocycles. The van der Waals surface area contributed by atoms with Crippen LogP contribution in [0.3, 0.4) is 0 Å². The Balaban J connectivity index is 2.14. The molecule has 0 amide bonds. The van der Waals surface area contributed by atoms with E-state index >= 15 is 0 Å². The van der Waals surface area contributed by atoms with Crippen molar-refractivity contribution in [1.82, 2.24) is 15.0 Å². The number of nitrogens with two attached hydrogens (primary N) is 1. The zero-order valence-corrected chi connectivity index (χ0v) is 13.2. The maximum atomic E-state index is 5.43. The summed E-state index contributed by atoms with van der Waals surface area (Å²) < 4.78 is 5.43. The van der Waals surface area contributed by atoms with Gasteiger partial charge in [-0.05, 0) is 32.4 Å². The van der Waals surface area contributed by atoms with Crippen LogP contribution in [0, 0.1) is 6.92 Å². The Labute approximate surface area is 128 Å². The Morgan fingerprint density at radius 1 is 1.29 bits per heavy atom. The summed E-state index contributed by atoms with van der Waals surface area (Å²) in [5.41, 5.74) is 2.42. The molecule has 2 aromatic heterocycles. The van der Waals surface area contributed by atoms with Crippen LogP contribution in [0.25, 0.3) is 0 Å². The Hall–Kier alpha value is -1.93. The first-order valence-corrected chi connectivity index (χ1v) is 7.62. The molecule has 0 saturated carbocycles. The highest BCUT2D eigenvalue weighted by atomic mass is 32.1. The number of hydrogen-bond acceptors (Lipinski definition) is 8. The van der Waals surface area contributed by atoms with Gasteiger partial charge in [-0.2, -0.15) is 15.0 Å². The number of aromatic nitrogens is 3. The summed E-state index contributed by atoms with van der Waals surface area (Å²) in [6.45, 7) is 6.70. The zero-order valence-electron chi connectivity index (χ0n) is 12.4. The van der Waals surface area contributed by atoms with Gasteiger partial charge in [-0.25, -0.2) is 5.84 Å². The molecule has 0 radical (unpaired) electrons. The fraction of sp³-hybridized carbons (Fsp3) is 0.462. The third-order valence-electron chi connectivity index (χ3n) is 2.71. The van der Waals surface area contributed by atoms with Crippen LogP contribution in [-0.2, 0) is 0 Å². The van der Waals surface area contributed by atoms with Crippen LogP contribution in [0.5, 0.6) is 6.01 Å². The molecule has 0 fully saturated rings. The molecule has 8 heteroatoms. The van der Waals surface area contributed by atoms with Gasteiger partial charge >= 0.3 is 6.01 Å². The molecule has 21 heavy (non-hydrogen) atoms. The van der Waals surface area contributed by atoms with Crippen molar-refractivity contribution in [3.8, 4) is 6.01 Å². The van der Waals surface area contributed by atoms with E-state index < -0.39 is 0 Å². The van der Waals surface area contributed by atoms with E-state index in [-0.39, 0.29) is 18.0 Å². The van der Waals surface area contributed by atoms with E-state index in [1.54, 1.807) is 11.3 Å². The Morgan fingerprint density at radius 3 is 2.67 bits per heavy atom. The third kappa shape index (κ3) is 4.27. The van der Waals surface area contributed by atoms with E-state index in [4.69, 9.17) is 10.6 Å². The molecular weight excluding hydrogens is 288 g/mol. The molecule has 0 bridgehead atoms. The second-order valence-corrected chi connectivity index (χ2v) is 5.89. The number of hydrogen-bond donors (Lipinski definition) is 3. The van der Waals surface area contributed by atoms with E-state index in [0.717, 1.165) is 6.42 Å². The summed E-state index contributed by atoms with van der Waals surface area (Å²) in [5.74, 6) is 6.08. The third-order valence-corrected chi connectivity index (χ3v) is 3.90. The standard InChI is InChI=1S/C13H20N6OS/c1-4-7-20-13-17-11(16-12(18-13)19-14)15-9(3)10-6-5-8(2)21-10/h5-6,9H,4,7,14H2,1-3H3,(H2,15,16,17,18,19). The molecule has 2 rings (SSSR count). The van der Waals surface area contributed by atoms with Crippen LogP contribution in [0.15, 0.2) is 12.1 Å². The van der Waals surface area contributed by atoms with Gasteiger partial charge in [-0.3, -0.25) is 5.43 Å². The summed E-state index contributed by atoms with van der Waals surface area (Å²) in [7, 11) is 0. The molecule has 0 aliphatic heterocycles. The second kappa shape index (κ2) is 7.19. The maximum absolute atomic E-state index is 5.43. The monoisotopic (exact) mass is 308 g/mol. The minimum Gasteiger partial charge on any atom is -0.463 e. The van der Waals surface area contributed by atoms with E-state index in [1.807, 2.05) is 6.92 Å². The highest BCUT2D eigenvalue weighted by Gasteiger charge is 2.12. The minimum absolute atomic E-state index is 0.0933. The lowest BCUT2D eigenvalue weighted by molar-refractivity contribution is 0.292. The van der Waals surface area contributed by atoms with Gasteiger partial charge in [0, 0.05) is 9.75 Å². The molecule has 1 atom stereocenters. The first-order valence-electron chi connectivity index (χ1n) is 6.80. The number of ether oxygens (including phenoxy) is 1. The maximum Gasteiger partial charge on any atom is 0.323 e. The highest BCUT2D eigenvalue weighted by Crippen LogP contribution is 2.25. The zero-order chi connectivity index (χ0) is 15.2. The molecule has 0 aliphatic rings. The van der Waals surface area contributed by atoms with E-state index in [9.17, 15) is 0 Å². The van der Waals surface area contributed by atoms with Gasteiger partial charge in [-0.15, -0.1) is 11.3 Å². The molecule has 7 nitrogen and oxygen atoms in total. The van der Waals surface area contributed by atoms with Crippen molar-refractivity contribution >= 4 is 23.2 Å². The summed E-state index contributed by atoms with van der Waals surface area (Å²) in [6.07, 6.45) is 0.880. The minimum atomic E-state index is 0.0933. The molecule has 4 N–H and O–H groups in total. The van der Waals surface area contributed by atoms with Gasteiger partial charge in [-0.1, -0.05) is 6.92 Å². The van der Waals surface area contributed by atoms with E-state index in [1.165, 1.54) is 9.75 Å². The molecule has 114 valence electrons. The van der Waals surface area contributed by atoms with Crippen molar-refractivity contribution in [3.05, 3.63) is 21.9 Å². The van der Waals surface area contributed by atoms with Crippen LogP contribution < -0.4 is 21.3 Å². The van der Waals surface area contributed by atoms with Crippen molar-refractivity contribution < 1.29 is 4.74 Å². The van der Waals surface area contributed by atoms with Crippen LogP contribution >= 0.6 is 11.3 Å². The van der Waals surface area contributed by atoms with Gasteiger partial charge in [0.1, 0.15) is 0 Å². The summed E-state index contributed by atoms with van der Waals surface area (Å²) >= 11 is 1.74. The average molecular weight is 308 g/mol.